The fourth-order valence-corrected chi connectivity index (χ4v) is 1.42. The van der Waals surface area contributed by atoms with Gasteiger partial charge in [-0.15, -0.1) is 10.2 Å². The number of nitrogens with zero attached hydrogens (tertiary/aromatic N) is 3. The number of benzene rings is 1. The number of ether oxygens (including phenoxy) is 1. The zero-order chi connectivity index (χ0) is 12.3. The summed E-state index contributed by atoms with van der Waals surface area (Å²) in [6, 6.07) is 4.61. The summed E-state index contributed by atoms with van der Waals surface area (Å²) in [5.41, 5.74) is 0.770. The van der Waals surface area contributed by atoms with Crippen LogP contribution in [-0.4, -0.2) is 21.9 Å². The predicted molar refractivity (Wildman–Crippen MR) is 61.3 cm³/mol. The third kappa shape index (κ3) is 2.52. The van der Waals surface area contributed by atoms with Gasteiger partial charge in [0.2, 0.25) is 0 Å². The average Bonchev–Trinajstić information content (AvgIpc) is 2.74. The van der Waals surface area contributed by atoms with Gasteiger partial charge in [-0.1, -0.05) is 0 Å². The van der Waals surface area contributed by atoms with Crippen LogP contribution in [0.15, 0.2) is 24.5 Å². The topological polar surface area (TPSA) is 52.0 Å². The maximum atomic E-state index is 13.2. The van der Waals surface area contributed by atoms with Crippen molar-refractivity contribution in [3.63, 3.8) is 0 Å². The van der Waals surface area contributed by atoms with Gasteiger partial charge in [0.05, 0.1) is 13.7 Å². The summed E-state index contributed by atoms with van der Waals surface area (Å²) < 4.78 is 19.9. The molecule has 2 aromatic rings. The summed E-state index contributed by atoms with van der Waals surface area (Å²) in [7, 11) is 3.30. The summed E-state index contributed by atoms with van der Waals surface area (Å²) in [6.07, 6.45) is 1.63. The standard InChI is InChI=1S/C11H13FN4O/c1-16-7-14-15-11(16)6-13-8-3-4-9(12)10(5-8)17-2/h3-5,7,13H,6H2,1-2H3. The number of hydrogen-bond donors (Lipinski definition) is 1. The molecule has 0 atom stereocenters. The van der Waals surface area contributed by atoms with Crippen molar-refractivity contribution in [2.75, 3.05) is 12.4 Å². The predicted octanol–water partition coefficient (Wildman–Crippen LogP) is 1.57. The van der Waals surface area contributed by atoms with Crippen LogP contribution >= 0.6 is 0 Å². The van der Waals surface area contributed by atoms with Gasteiger partial charge in [-0.05, 0) is 12.1 Å². The molecule has 90 valence electrons. The van der Waals surface area contributed by atoms with Crippen molar-refractivity contribution in [3.05, 3.63) is 36.2 Å². The molecular formula is C11H13FN4O. The van der Waals surface area contributed by atoms with Crippen molar-refractivity contribution < 1.29 is 9.13 Å². The SMILES string of the molecule is COc1cc(NCc2nncn2C)ccc1F. The summed E-state index contributed by atoms with van der Waals surface area (Å²) in [5, 5.41) is 10.8. The third-order valence-corrected chi connectivity index (χ3v) is 2.41. The van der Waals surface area contributed by atoms with Crippen LogP contribution in [0.2, 0.25) is 0 Å². The summed E-state index contributed by atoms with van der Waals surface area (Å²) >= 11 is 0. The van der Waals surface area contributed by atoms with Gasteiger partial charge in [-0.2, -0.15) is 0 Å². The zero-order valence-electron chi connectivity index (χ0n) is 9.64. The molecule has 0 saturated carbocycles. The van der Waals surface area contributed by atoms with Crippen molar-refractivity contribution in [1.29, 1.82) is 0 Å². The molecule has 0 amide bonds. The zero-order valence-corrected chi connectivity index (χ0v) is 9.64. The quantitative estimate of drug-likeness (QED) is 0.875. The first-order valence-electron chi connectivity index (χ1n) is 5.11. The molecule has 0 aliphatic carbocycles. The van der Waals surface area contributed by atoms with E-state index < -0.39 is 0 Å². The fraction of sp³-hybridized carbons (Fsp3) is 0.273. The van der Waals surface area contributed by atoms with Crippen LogP contribution in [0.4, 0.5) is 10.1 Å². The number of aryl methyl sites for hydroxylation is 1. The van der Waals surface area contributed by atoms with E-state index in [1.807, 2.05) is 11.6 Å². The lowest BCUT2D eigenvalue weighted by molar-refractivity contribution is 0.387. The highest BCUT2D eigenvalue weighted by atomic mass is 19.1. The summed E-state index contributed by atoms with van der Waals surface area (Å²) in [4.78, 5) is 0. The molecular weight excluding hydrogens is 223 g/mol. The average molecular weight is 236 g/mol. The molecule has 1 N–H and O–H groups in total. The molecule has 0 bridgehead atoms. The molecule has 0 aliphatic rings. The van der Waals surface area contributed by atoms with Gasteiger partial charge in [0.25, 0.3) is 0 Å². The first kappa shape index (κ1) is 11.4. The minimum Gasteiger partial charge on any atom is -0.494 e. The minimum atomic E-state index is -0.378. The summed E-state index contributed by atoms with van der Waals surface area (Å²) in [6.45, 7) is 0.519. The molecule has 0 unspecified atom stereocenters. The maximum Gasteiger partial charge on any atom is 0.165 e. The van der Waals surface area contributed by atoms with Gasteiger partial charge in [-0.3, -0.25) is 0 Å². The summed E-state index contributed by atoms with van der Waals surface area (Å²) in [5.74, 6) is 0.637. The highest BCUT2D eigenvalue weighted by molar-refractivity contribution is 5.48. The highest BCUT2D eigenvalue weighted by Crippen LogP contribution is 2.21. The maximum absolute atomic E-state index is 13.2. The Kier molecular flexibility index (Phi) is 3.22. The molecule has 5 nitrogen and oxygen atoms in total. The number of aromatic nitrogens is 3. The molecule has 0 radical (unpaired) electrons. The van der Waals surface area contributed by atoms with Crippen LogP contribution in [-0.2, 0) is 13.6 Å². The van der Waals surface area contributed by atoms with Crippen molar-refractivity contribution >= 4 is 5.69 Å². The monoisotopic (exact) mass is 236 g/mol. The van der Waals surface area contributed by atoms with E-state index in [2.05, 4.69) is 15.5 Å². The van der Waals surface area contributed by atoms with E-state index in [0.717, 1.165) is 11.5 Å². The fourth-order valence-electron chi connectivity index (χ4n) is 1.42. The van der Waals surface area contributed by atoms with Gasteiger partial charge in [-0.25, -0.2) is 4.39 Å². The molecule has 2 rings (SSSR count). The highest BCUT2D eigenvalue weighted by Gasteiger charge is 2.04. The molecule has 1 aromatic carbocycles. The van der Waals surface area contributed by atoms with Gasteiger partial charge >= 0.3 is 0 Å². The number of methoxy groups -OCH3 is 1. The number of hydrogen-bond acceptors (Lipinski definition) is 4. The minimum absolute atomic E-state index is 0.216. The Morgan fingerprint density at radius 2 is 2.29 bits per heavy atom. The van der Waals surface area contributed by atoms with Crippen LogP contribution in [0.5, 0.6) is 5.75 Å². The lowest BCUT2D eigenvalue weighted by Crippen LogP contribution is -2.05. The molecule has 0 spiro atoms. The number of anilines is 1. The molecule has 0 fully saturated rings. The van der Waals surface area contributed by atoms with Gasteiger partial charge in [0.15, 0.2) is 17.4 Å². The number of rotatable bonds is 4. The normalized spacial score (nSPS) is 10.3. The lowest BCUT2D eigenvalue weighted by Gasteiger charge is -2.08. The van der Waals surface area contributed by atoms with Crippen molar-refractivity contribution in [1.82, 2.24) is 14.8 Å². The first-order chi connectivity index (χ1) is 8.20. The van der Waals surface area contributed by atoms with E-state index in [1.165, 1.54) is 13.2 Å². The Morgan fingerprint density at radius 3 is 2.94 bits per heavy atom. The number of nitrogens with one attached hydrogen (secondary N) is 1. The Balaban J connectivity index is 2.07. The van der Waals surface area contributed by atoms with Crippen molar-refractivity contribution in [2.24, 2.45) is 7.05 Å². The number of halogens is 1. The molecule has 6 heteroatoms. The molecule has 0 aliphatic heterocycles. The second-order valence-corrected chi connectivity index (χ2v) is 3.56. The van der Waals surface area contributed by atoms with Crippen LogP contribution in [0.1, 0.15) is 5.82 Å². The Labute approximate surface area is 98.2 Å². The van der Waals surface area contributed by atoms with Crippen LogP contribution in [0.25, 0.3) is 0 Å². The van der Waals surface area contributed by atoms with Gasteiger partial charge < -0.3 is 14.6 Å². The molecule has 1 aromatic heterocycles. The van der Waals surface area contributed by atoms with Crippen molar-refractivity contribution in [3.8, 4) is 5.75 Å². The van der Waals surface area contributed by atoms with E-state index >= 15 is 0 Å². The molecule has 0 saturated heterocycles. The Bertz CT molecular complexity index is 512. The Hall–Kier alpha value is -2.11. The third-order valence-electron chi connectivity index (χ3n) is 2.41. The second-order valence-electron chi connectivity index (χ2n) is 3.56. The molecule has 1 heterocycles. The van der Waals surface area contributed by atoms with Crippen LogP contribution in [0, 0.1) is 5.82 Å². The van der Waals surface area contributed by atoms with Gasteiger partial charge in [0, 0.05) is 18.8 Å². The lowest BCUT2D eigenvalue weighted by atomic mass is 10.3. The largest absolute Gasteiger partial charge is 0.494 e. The van der Waals surface area contributed by atoms with Crippen LogP contribution < -0.4 is 10.1 Å². The van der Waals surface area contributed by atoms with E-state index in [1.54, 1.807) is 18.5 Å². The van der Waals surface area contributed by atoms with E-state index in [0.29, 0.717) is 6.54 Å². The van der Waals surface area contributed by atoms with E-state index in [-0.39, 0.29) is 11.6 Å². The molecule has 17 heavy (non-hydrogen) atoms. The van der Waals surface area contributed by atoms with Crippen molar-refractivity contribution in [2.45, 2.75) is 6.54 Å². The van der Waals surface area contributed by atoms with Gasteiger partial charge in [0.1, 0.15) is 6.33 Å². The first-order valence-corrected chi connectivity index (χ1v) is 5.11. The second kappa shape index (κ2) is 4.82. The van der Waals surface area contributed by atoms with E-state index in [4.69, 9.17) is 4.74 Å². The smallest absolute Gasteiger partial charge is 0.165 e. The van der Waals surface area contributed by atoms with Crippen LogP contribution in [0.3, 0.4) is 0 Å². The van der Waals surface area contributed by atoms with E-state index in [9.17, 15) is 4.39 Å². The Morgan fingerprint density at radius 1 is 1.47 bits per heavy atom.